The molecule has 1 unspecified atom stereocenters. The lowest BCUT2D eigenvalue weighted by molar-refractivity contribution is 0.0526. The number of rotatable bonds is 10. The van der Waals surface area contributed by atoms with E-state index < -0.39 is 17.9 Å². The topological polar surface area (TPSA) is 95.3 Å². The molecule has 8 nitrogen and oxygen atoms in total. The van der Waals surface area contributed by atoms with E-state index in [4.69, 9.17) is 18.6 Å². The van der Waals surface area contributed by atoms with Gasteiger partial charge in [0.2, 0.25) is 5.76 Å². The lowest BCUT2D eigenvalue weighted by atomic mass is 9.97. The lowest BCUT2D eigenvalue weighted by Gasteiger charge is -2.26. The molecule has 40 heavy (non-hydrogen) atoms. The Morgan fingerprint density at radius 2 is 1.73 bits per heavy atom. The van der Waals surface area contributed by atoms with Crippen LogP contribution in [0, 0.1) is 0 Å². The average Bonchev–Trinajstić information content (AvgIpc) is 3.27. The lowest BCUT2D eigenvalue weighted by Crippen LogP contribution is -2.29. The highest BCUT2D eigenvalue weighted by molar-refractivity contribution is 6.10. The molecule has 1 amide bonds. The van der Waals surface area contributed by atoms with Crippen LogP contribution in [0.15, 0.2) is 75.9 Å². The van der Waals surface area contributed by atoms with Crippen molar-refractivity contribution in [3.05, 3.63) is 99.4 Å². The van der Waals surface area contributed by atoms with Gasteiger partial charge in [-0.3, -0.25) is 14.5 Å². The van der Waals surface area contributed by atoms with E-state index in [9.17, 15) is 14.4 Å². The number of hydrogen-bond acceptors (Lipinski definition) is 7. The molecular formula is C32H31NO7. The van der Waals surface area contributed by atoms with Crippen molar-refractivity contribution in [2.24, 2.45) is 0 Å². The average molecular weight is 542 g/mol. The fraction of sp³-hybridized carbons (Fsp3) is 0.281. The van der Waals surface area contributed by atoms with E-state index in [1.165, 1.54) is 4.90 Å². The molecule has 0 radical (unpaired) electrons. The van der Waals surface area contributed by atoms with Crippen LogP contribution in [0.1, 0.15) is 71.2 Å². The zero-order valence-corrected chi connectivity index (χ0v) is 22.8. The highest BCUT2D eigenvalue weighted by Gasteiger charge is 2.44. The summed E-state index contributed by atoms with van der Waals surface area (Å²) in [4.78, 5) is 41.4. The number of methoxy groups -OCH3 is 1. The minimum atomic E-state index is -0.792. The first-order chi connectivity index (χ1) is 19.5. The van der Waals surface area contributed by atoms with Crippen molar-refractivity contribution in [3.63, 3.8) is 0 Å². The first-order valence-corrected chi connectivity index (χ1v) is 13.5. The molecule has 0 spiro atoms. The number of anilines is 1. The minimum Gasteiger partial charge on any atom is -0.493 e. The zero-order chi connectivity index (χ0) is 28.2. The minimum absolute atomic E-state index is 0.0120. The molecule has 0 bridgehead atoms. The van der Waals surface area contributed by atoms with E-state index in [0.717, 1.165) is 19.3 Å². The van der Waals surface area contributed by atoms with Gasteiger partial charge in [0, 0.05) is 5.69 Å². The van der Waals surface area contributed by atoms with Gasteiger partial charge in [-0.15, -0.1) is 0 Å². The van der Waals surface area contributed by atoms with Crippen LogP contribution in [0.25, 0.3) is 11.0 Å². The Morgan fingerprint density at radius 1 is 0.950 bits per heavy atom. The molecular weight excluding hydrogens is 510 g/mol. The molecule has 4 aromatic rings. The number of para-hydroxylation sites is 1. The predicted molar refractivity (Wildman–Crippen MR) is 152 cm³/mol. The van der Waals surface area contributed by atoms with Crippen LogP contribution in [0.2, 0.25) is 0 Å². The molecule has 206 valence electrons. The fourth-order valence-corrected chi connectivity index (χ4v) is 4.98. The Morgan fingerprint density at radius 3 is 2.45 bits per heavy atom. The molecule has 0 fully saturated rings. The predicted octanol–water partition coefficient (Wildman–Crippen LogP) is 6.30. The maximum Gasteiger partial charge on any atom is 0.338 e. The number of carbonyl (C=O) groups excluding carboxylic acids is 2. The zero-order valence-electron chi connectivity index (χ0n) is 22.8. The Bertz CT molecular complexity index is 1610. The number of unbranched alkanes of at least 4 members (excludes halogenated alkanes) is 2. The fourth-order valence-electron chi connectivity index (χ4n) is 4.98. The molecule has 1 aromatic heterocycles. The Kier molecular flexibility index (Phi) is 7.86. The normalized spacial score (nSPS) is 14.3. The van der Waals surface area contributed by atoms with E-state index in [2.05, 4.69) is 6.92 Å². The molecule has 2 heterocycles. The number of hydrogen-bond donors (Lipinski definition) is 0. The van der Waals surface area contributed by atoms with Gasteiger partial charge in [-0.05, 0) is 67.4 Å². The first-order valence-electron chi connectivity index (χ1n) is 13.5. The van der Waals surface area contributed by atoms with Gasteiger partial charge in [-0.25, -0.2) is 4.79 Å². The van der Waals surface area contributed by atoms with Gasteiger partial charge in [-0.1, -0.05) is 38.0 Å². The van der Waals surface area contributed by atoms with Crippen molar-refractivity contribution in [1.82, 2.24) is 0 Å². The van der Waals surface area contributed by atoms with E-state index in [0.29, 0.717) is 45.9 Å². The van der Waals surface area contributed by atoms with E-state index >= 15 is 0 Å². The van der Waals surface area contributed by atoms with Crippen LogP contribution in [0.5, 0.6) is 11.5 Å². The SMILES string of the molecule is CCCCCOc1ccc(C2c3c(oc4ccccc4c3=O)C(=O)N2c2ccc(C(=O)OCC)cc2)cc1OC. The summed E-state index contributed by atoms with van der Waals surface area (Å²) in [6.45, 7) is 4.68. The maximum atomic E-state index is 13.9. The van der Waals surface area contributed by atoms with Gasteiger partial charge in [0.1, 0.15) is 5.58 Å². The molecule has 0 saturated carbocycles. The largest absolute Gasteiger partial charge is 0.493 e. The van der Waals surface area contributed by atoms with Crippen LogP contribution in [0.3, 0.4) is 0 Å². The van der Waals surface area contributed by atoms with E-state index in [-0.39, 0.29) is 23.4 Å². The number of ether oxygens (including phenoxy) is 3. The monoisotopic (exact) mass is 541 g/mol. The van der Waals surface area contributed by atoms with Crippen LogP contribution >= 0.6 is 0 Å². The van der Waals surface area contributed by atoms with Gasteiger partial charge < -0.3 is 18.6 Å². The second-order valence-electron chi connectivity index (χ2n) is 9.48. The molecule has 1 aliphatic heterocycles. The van der Waals surface area contributed by atoms with Gasteiger partial charge in [0.25, 0.3) is 5.91 Å². The second kappa shape index (κ2) is 11.7. The highest BCUT2D eigenvalue weighted by atomic mass is 16.5. The molecule has 0 saturated heterocycles. The third-order valence-corrected chi connectivity index (χ3v) is 6.94. The summed E-state index contributed by atoms with van der Waals surface area (Å²) in [5.41, 5.74) is 1.82. The molecule has 0 aliphatic carbocycles. The maximum absolute atomic E-state index is 13.9. The molecule has 1 aliphatic rings. The second-order valence-corrected chi connectivity index (χ2v) is 9.48. The number of benzene rings is 3. The summed E-state index contributed by atoms with van der Waals surface area (Å²) < 4.78 is 22.7. The molecule has 3 aromatic carbocycles. The van der Waals surface area contributed by atoms with Gasteiger partial charge in [-0.2, -0.15) is 0 Å². The summed E-state index contributed by atoms with van der Waals surface area (Å²) in [6, 6.07) is 18.0. The van der Waals surface area contributed by atoms with Crippen molar-refractivity contribution < 1.29 is 28.2 Å². The van der Waals surface area contributed by atoms with Crippen LogP contribution in [0.4, 0.5) is 5.69 Å². The third kappa shape index (κ3) is 4.93. The molecule has 0 N–H and O–H groups in total. The Labute approximate surface area is 232 Å². The number of esters is 1. The van der Waals surface area contributed by atoms with Crippen LogP contribution in [-0.2, 0) is 4.74 Å². The first kappa shape index (κ1) is 27.0. The van der Waals surface area contributed by atoms with Crippen LogP contribution < -0.4 is 19.8 Å². The Hall–Kier alpha value is -4.59. The molecule has 1 atom stereocenters. The standard InChI is InChI=1S/C32H31NO7/c1-4-6-9-18-39-25-17-14-21(19-26(25)37-3)28-27-29(34)23-10-7-8-11-24(23)40-30(27)31(35)33(28)22-15-12-20(13-16-22)32(36)38-5-2/h7-8,10-17,19,28H,4-6,9,18H2,1-3H3. The van der Waals surface area contributed by atoms with E-state index in [1.54, 1.807) is 74.7 Å². The highest BCUT2D eigenvalue weighted by Crippen LogP contribution is 2.43. The van der Waals surface area contributed by atoms with Gasteiger partial charge >= 0.3 is 5.97 Å². The number of fused-ring (bicyclic) bond motifs is 2. The molecule has 5 rings (SSSR count). The number of carbonyl (C=O) groups is 2. The Balaban J connectivity index is 1.62. The number of nitrogens with zero attached hydrogens (tertiary/aromatic N) is 1. The number of amides is 1. The van der Waals surface area contributed by atoms with Crippen molar-refractivity contribution >= 4 is 28.5 Å². The van der Waals surface area contributed by atoms with Gasteiger partial charge in [0.15, 0.2) is 16.9 Å². The van der Waals surface area contributed by atoms with Gasteiger partial charge in [0.05, 0.1) is 42.9 Å². The van der Waals surface area contributed by atoms with E-state index in [1.807, 2.05) is 6.07 Å². The summed E-state index contributed by atoms with van der Waals surface area (Å²) in [6.07, 6.45) is 3.08. The van der Waals surface area contributed by atoms with Crippen molar-refractivity contribution in [1.29, 1.82) is 0 Å². The third-order valence-electron chi connectivity index (χ3n) is 6.94. The molecule has 8 heteroatoms. The van der Waals surface area contributed by atoms with Crippen molar-refractivity contribution in [2.45, 2.75) is 39.2 Å². The van der Waals surface area contributed by atoms with Crippen LogP contribution in [-0.4, -0.2) is 32.2 Å². The quantitative estimate of drug-likeness (QED) is 0.172. The van der Waals surface area contributed by atoms with Crippen molar-refractivity contribution in [2.75, 3.05) is 25.2 Å². The summed E-state index contributed by atoms with van der Waals surface area (Å²) in [5, 5.41) is 0.390. The smallest absolute Gasteiger partial charge is 0.338 e. The summed E-state index contributed by atoms with van der Waals surface area (Å²) in [7, 11) is 1.56. The summed E-state index contributed by atoms with van der Waals surface area (Å²) in [5.74, 6) is 0.164. The summed E-state index contributed by atoms with van der Waals surface area (Å²) >= 11 is 0. The van der Waals surface area contributed by atoms with Crippen molar-refractivity contribution in [3.8, 4) is 11.5 Å².